The average molecular weight is 213 g/mol. The van der Waals surface area contributed by atoms with Gasteiger partial charge in [-0.2, -0.15) is 0 Å². The molecule has 1 fully saturated rings. The summed E-state index contributed by atoms with van der Waals surface area (Å²) < 4.78 is 4.75. The second-order valence-electron chi connectivity index (χ2n) is 3.16. The molecule has 0 aliphatic carbocycles. The van der Waals surface area contributed by atoms with Gasteiger partial charge in [-0.1, -0.05) is 0 Å². The number of hydrogen-bond acceptors (Lipinski definition) is 5. The van der Waals surface area contributed by atoms with Crippen molar-refractivity contribution in [3.05, 3.63) is 12.2 Å². The Balaban J connectivity index is 2.01. The molecule has 0 aromatic carbocycles. The summed E-state index contributed by atoms with van der Waals surface area (Å²) in [5.41, 5.74) is 0. The summed E-state index contributed by atoms with van der Waals surface area (Å²) in [5, 5.41) is 0. The summed E-state index contributed by atoms with van der Waals surface area (Å²) in [6.07, 6.45) is 1.93. The monoisotopic (exact) mass is 213 g/mol. The number of carbonyl (C=O) groups is 2. The van der Waals surface area contributed by atoms with Crippen LogP contribution in [-0.2, 0) is 24.1 Å². The van der Waals surface area contributed by atoms with Crippen molar-refractivity contribution in [3.63, 3.8) is 0 Å². The Bertz CT molecular complexity index is 314. The smallest absolute Gasteiger partial charge is 0.325 e. The number of hydrogen-bond donors (Lipinski definition) is 0. The highest BCUT2D eigenvalue weighted by Crippen LogP contribution is 2.22. The Morgan fingerprint density at radius 3 is 2.87 bits per heavy atom. The van der Waals surface area contributed by atoms with E-state index in [-0.39, 0.29) is 12.5 Å². The lowest BCUT2D eigenvalue weighted by molar-refractivity contribution is -0.374. The molecule has 3 rings (SSSR count). The van der Waals surface area contributed by atoms with Crippen molar-refractivity contribution in [2.24, 2.45) is 0 Å². The van der Waals surface area contributed by atoms with E-state index < -0.39 is 18.3 Å². The van der Waals surface area contributed by atoms with Gasteiger partial charge in [0.2, 0.25) is 0 Å². The Kier molecular flexibility index (Phi) is 2.70. The van der Waals surface area contributed by atoms with Crippen LogP contribution in [0.25, 0.3) is 0 Å². The quantitative estimate of drug-likeness (QED) is 0.363. The van der Waals surface area contributed by atoms with E-state index in [2.05, 4.69) is 0 Å². The molecule has 3 aliphatic heterocycles. The van der Waals surface area contributed by atoms with E-state index in [0.717, 1.165) is 0 Å². The zero-order chi connectivity index (χ0) is 10.8. The molecule has 82 valence electrons. The first kappa shape index (κ1) is 10.1. The van der Waals surface area contributed by atoms with Gasteiger partial charge < -0.3 is 4.74 Å². The fourth-order valence-corrected chi connectivity index (χ4v) is 1.46. The molecule has 15 heavy (non-hydrogen) atoms. The number of esters is 1. The fourth-order valence-electron chi connectivity index (χ4n) is 1.46. The van der Waals surface area contributed by atoms with Gasteiger partial charge in [0.1, 0.15) is 6.54 Å². The molecule has 2 bridgehead atoms. The van der Waals surface area contributed by atoms with Crippen LogP contribution in [0.4, 0.5) is 0 Å². The van der Waals surface area contributed by atoms with E-state index in [0.29, 0.717) is 6.61 Å². The first-order valence-corrected chi connectivity index (χ1v) is 4.69. The molecule has 0 N–H and O–H groups in total. The maximum absolute atomic E-state index is 11.6. The molecule has 1 amide bonds. The molecule has 2 atom stereocenters. The minimum absolute atomic E-state index is 0.110. The van der Waals surface area contributed by atoms with Gasteiger partial charge in [-0.3, -0.25) is 14.5 Å². The van der Waals surface area contributed by atoms with Crippen LogP contribution < -0.4 is 0 Å². The van der Waals surface area contributed by atoms with Crippen LogP contribution in [0.15, 0.2) is 12.2 Å². The Labute approximate surface area is 86.3 Å². The van der Waals surface area contributed by atoms with Crippen molar-refractivity contribution in [3.8, 4) is 0 Å². The van der Waals surface area contributed by atoms with Crippen LogP contribution in [0.2, 0.25) is 0 Å². The molecule has 6 nitrogen and oxygen atoms in total. The van der Waals surface area contributed by atoms with Gasteiger partial charge in [-0.25, -0.2) is 9.78 Å². The van der Waals surface area contributed by atoms with Gasteiger partial charge in [0, 0.05) is 0 Å². The minimum Gasteiger partial charge on any atom is -0.465 e. The van der Waals surface area contributed by atoms with Crippen molar-refractivity contribution in [1.82, 2.24) is 4.90 Å². The van der Waals surface area contributed by atoms with E-state index in [9.17, 15) is 9.59 Å². The number of ether oxygens (including phenoxy) is 1. The molecular formula is C9H11NO5. The van der Waals surface area contributed by atoms with Gasteiger partial charge in [-0.15, -0.1) is 0 Å². The number of nitrogens with zero attached hydrogens (tertiary/aromatic N) is 1. The first-order valence-electron chi connectivity index (χ1n) is 4.69. The zero-order valence-corrected chi connectivity index (χ0v) is 8.21. The highest BCUT2D eigenvalue weighted by Gasteiger charge is 2.40. The maximum atomic E-state index is 11.6. The standard InChI is InChI=1S/C9H11NO5/c1-2-13-8(11)5-10-7-4-3-6(9(10)12)14-15-7/h3-4,6-7H,2,5H2,1H3. The molecule has 0 radical (unpaired) electrons. The molecule has 6 heteroatoms. The summed E-state index contributed by atoms with van der Waals surface area (Å²) >= 11 is 0. The van der Waals surface area contributed by atoms with E-state index >= 15 is 0 Å². The highest BCUT2D eigenvalue weighted by molar-refractivity contribution is 5.88. The molecule has 3 heterocycles. The van der Waals surface area contributed by atoms with Crippen LogP contribution in [0, 0.1) is 0 Å². The summed E-state index contributed by atoms with van der Waals surface area (Å²) in [6.45, 7) is 1.89. The van der Waals surface area contributed by atoms with E-state index in [1.807, 2.05) is 0 Å². The van der Waals surface area contributed by atoms with Crippen LogP contribution in [-0.4, -0.2) is 42.3 Å². The number of rotatable bonds is 3. The second-order valence-corrected chi connectivity index (χ2v) is 3.16. The maximum Gasteiger partial charge on any atom is 0.325 e. The third kappa shape index (κ3) is 1.86. The molecule has 2 unspecified atom stereocenters. The first-order chi connectivity index (χ1) is 7.22. The van der Waals surface area contributed by atoms with Crippen molar-refractivity contribution < 1.29 is 24.1 Å². The Morgan fingerprint density at radius 2 is 2.33 bits per heavy atom. The van der Waals surface area contributed by atoms with Gasteiger partial charge in [-0.05, 0) is 19.1 Å². The molecule has 1 saturated heterocycles. The van der Waals surface area contributed by atoms with Crippen molar-refractivity contribution >= 4 is 11.9 Å². The molecular weight excluding hydrogens is 202 g/mol. The van der Waals surface area contributed by atoms with Crippen LogP contribution in [0.3, 0.4) is 0 Å². The topological polar surface area (TPSA) is 65.1 Å². The Hall–Kier alpha value is -1.40. The number of amides is 1. The normalized spacial score (nSPS) is 28.3. The molecule has 0 saturated carbocycles. The summed E-state index contributed by atoms with van der Waals surface area (Å²) in [7, 11) is 0. The van der Waals surface area contributed by atoms with E-state index in [1.165, 1.54) is 4.90 Å². The fraction of sp³-hybridized carbons (Fsp3) is 0.556. The van der Waals surface area contributed by atoms with Crippen molar-refractivity contribution in [1.29, 1.82) is 0 Å². The minimum atomic E-state index is -0.732. The Morgan fingerprint density at radius 1 is 1.53 bits per heavy atom. The van der Waals surface area contributed by atoms with Gasteiger partial charge >= 0.3 is 5.97 Å². The highest BCUT2D eigenvalue weighted by atomic mass is 17.2. The van der Waals surface area contributed by atoms with Crippen LogP contribution >= 0.6 is 0 Å². The zero-order valence-electron chi connectivity index (χ0n) is 8.21. The predicted octanol–water partition coefficient (Wildman–Crippen LogP) is -0.396. The number of carbonyl (C=O) groups excluding carboxylic acids is 2. The largest absolute Gasteiger partial charge is 0.465 e. The lowest BCUT2D eigenvalue weighted by atomic mass is 10.1. The van der Waals surface area contributed by atoms with Gasteiger partial charge in [0.25, 0.3) is 5.91 Å². The second kappa shape index (κ2) is 4.00. The van der Waals surface area contributed by atoms with Gasteiger partial charge in [0.05, 0.1) is 6.61 Å². The molecule has 0 aromatic heterocycles. The predicted molar refractivity (Wildman–Crippen MR) is 47.2 cm³/mol. The molecule has 0 aromatic rings. The van der Waals surface area contributed by atoms with E-state index in [1.54, 1.807) is 19.1 Å². The third-order valence-corrected chi connectivity index (χ3v) is 2.15. The van der Waals surface area contributed by atoms with Crippen molar-refractivity contribution in [2.75, 3.05) is 13.2 Å². The van der Waals surface area contributed by atoms with Crippen LogP contribution in [0.5, 0.6) is 0 Å². The summed E-state index contributed by atoms with van der Waals surface area (Å²) in [6, 6.07) is 0. The molecule has 0 spiro atoms. The number of fused-ring (bicyclic) bond motifs is 2. The van der Waals surface area contributed by atoms with E-state index in [4.69, 9.17) is 14.5 Å². The van der Waals surface area contributed by atoms with Crippen molar-refractivity contribution in [2.45, 2.75) is 19.3 Å². The summed E-state index contributed by atoms with van der Waals surface area (Å²) in [4.78, 5) is 33.6. The summed E-state index contributed by atoms with van der Waals surface area (Å²) in [5.74, 6) is -0.725. The third-order valence-electron chi connectivity index (χ3n) is 2.15. The SMILES string of the molecule is CCOC(=O)CN1C(=O)C2C=CC1OO2. The van der Waals surface area contributed by atoms with Crippen LogP contribution in [0.1, 0.15) is 6.92 Å². The molecule has 3 aliphatic rings. The van der Waals surface area contributed by atoms with Gasteiger partial charge in [0.15, 0.2) is 12.3 Å². The average Bonchev–Trinajstić information content (AvgIpc) is 2.24. The lowest BCUT2D eigenvalue weighted by Crippen LogP contribution is -2.56. The lowest BCUT2D eigenvalue weighted by Gasteiger charge is -2.38.